The molecule has 7 heteroatoms. The summed E-state index contributed by atoms with van der Waals surface area (Å²) in [5, 5.41) is -0.118. The highest BCUT2D eigenvalue weighted by Gasteiger charge is 2.21. The molecule has 0 fully saturated rings. The lowest BCUT2D eigenvalue weighted by Gasteiger charge is -2.19. The van der Waals surface area contributed by atoms with Crippen molar-refractivity contribution < 1.29 is 8.42 Å². The van der Waals surface area contributed by atoms with Gasteiger partial charge in [0, 0.05) is 11.9 Å². The molecule has 104 valence electrons. The summed E-state index contributed by atoms with van der Waals surface area (Å²) < 4.78 is 26.3. The number of H-pyrrole nitrogens is 1. The van der Waals surface area contributed by atoms with E-state index in [4.69, 9.17) is 11.6 Å². The first-order chi connectivity index (χ1) is 8.40. The third-order valence-electron chi connectivity index (χ3n) is 3.00. The molecule has 1 unspecified atom stereocenters. The van der Waals surface area contributed by atoms with Crippen molar-refractivity contribution in [2.45, 2.75) is 44.0 Å². The predicted molar refractivity (Wildman–Crippen MR) is 72.2 cm³/mol. The number of imidazole rings is 1. The molecule has 0 spiro atoms. The van der Waals surface area contributed by atoms with Crippen LogP contribution < -0.4 is 4.72 Å². The zero-order valence-electron chi connectivity index (χ0n) is 10.9. The first kappa shape index (κ1) is 15.5. The summed E-state index contributed by atoms with van der Waals surface area (Å²) in [6, 6.07) is 0. The monoisotopic (exact) mass is 293 g/mol. The number of nitrogens with one attached hydrogen (secondary N) is 2. The van der Waals surface area contributed by atoms with Gasteiger partial charge in [0.05, 0.1) is 6.20 Å². The van der Waals surface area contributed by atoms with Gasteiger partial charge in [-0.3, -0.25) is 0 Å². The number of aryl methyl sites for hydroxylation is 1. The van der Waals surface area contributed by atoms with Crippen molar-refractivity contribution in [2.75, 3.05) is 6.54 Å². The number of hydrogen-bond donors (Lipinski definition) is 2. The van der Waals surface area contributed by atoms with Gasteiger partial charge in [0.15, 0.2) is 5.03 Å². The van der Waals surface area contributed by atoms with E-state index in [0.29, 0.717) is 11.7 Å². The lowest BCUT2D eigenvalue weighted by atomic mass is 9.99. The molecular weight excluding hydrogens is 274 g/mol. The Morgan fingerprint density at radius 1 is 1.44 bits per heavy atom. The molecule has 0 bridgehead atoms. The summed E-state index contributed by atoms with van der Waals surface area (Å²) in [7, 11) is -3.54. The zero-order valence-corrected chi connectivity index (χ0v) is 12.5. The number of halogens is 1. The zero-order chi connectivity index (χ0) is 13.8. The highest BCUT2D eigenvalue weighted by molar-refractivity contribution is 7.89. The van der Waals surface area contributed by atoms with E-state index in [2.05, 4.69) is 28.5 Å². The number of aromatic amines is 1. The maximum atomic E-state index is 11.9. The van der Waals surface area contributed by atoms with Crippen LogP contribution in [0.15, 0.2) is 11.2 Å². The molecule has 1 aromatic rings. The van der Waals surface area contributed by atoms with E-state index in [9.17, 15) is 8.42 Å². The van der Waals surface area contributed by atoms with Crippen molar-refractivity contribution in [3.8, 4) is 0 Å². The Hall–Kier alpha value is -0.590. The highest BCUT2D eigenvalue weighted by Crippen LogP contribution is 2.18. The highest BCUT2D eigenvalue weighted by atomic mass is 35.5. The van der Waals surface area contributed by atoms with Crippen LogP contribution in [0.5, 0.6) is 0 Å². The third kappa shape index (κ3) is 3.96. The topological polar surface area (TPSA) is 74.8 Å². The van der Waals surface area contributed by atoms with Crippen LogP contribution in [0, 0.1) is 12.8 Å². The minimum atomic E-state index is -3.54. The summed E-state index contributed by atoms with van der Waals surface area (Å²) >= 11 is 6.19. The number of alkyl halides is 1. The maximum absolute atomic E-state index is 11.9. The smallest absolute Gasteiger partial charge is 0.257 e. The van der Waals surface area contributed by atoms with E-state index in [1.165, 1.54) is 6.20 Å². The van der Waals surface area contributed by atoms with Crippen LogP contribution in [-0.2, 0) is 10.0 Å². The average molecular weight is 294 g/mol. The molecule has 1 heterocycles. The van der Waals surface area contributed by atoms with Crippen LogP contribution in [0.3, 0.4) is 0 Å². The van der Waals surface area contributed by atoms with Gasteiger partial charge in [-0.1, -0.05) is 26.7 Å². The fourth-order valence-electron chi connectivity index (χ4n) is 1.77. The molecule has 1 atom stereocenters. The molecule has 0 saturated carbocycles. The van der Waals surface area contributed by atoms with E-state index < -0.39 is 10.0 Å². The van der Waals surface area contributed by atoms with Crippen molar-refractivity contribution in [1.82, 2.24) is 14.7 Å². The van der Waals surface area contributed by atoms with E-state index in [1.54, 1.807) is 6.92 Å². The van der Waals surface area contributed by atoms with Crippen molar-refractivity contribution in [3.05, 3.63) is 12.0 Å². The lowest BCUT2D eigenvalue weighted by Crippen LogP contribution is -2.33. The normalized spacial score (nSPS) is 14.1. The molecule has 0 aliphatic carbocycles. The molecule has 18 heavy (non-hydrogen) atoms. The van der Waals surface area contributed by atoms with E-state index in [1.807, 2.05) is 0 Å². The summed E-state index contributed by atoms with van der Waals surface area (Å²) in [4.78, 5) is 6.56. The average Bonchev–Trinajstić information content (AvgIpc) is 2.76. The molecule has 0 amide bonds. The van der Waals surface area contributed by atoms with Crippen LogP contribution in [0.4, 0.5) is 0 Å². The summed E-state index contributed by atoms with van der Waals surface area (Å²) in [5.74, 6) is 0.885. The first-order valence-corrected chi connectivity index (χ1v) is 7.98. The van der Waals surface area contributed by atoms with Gasteiger partial charge in [0.2, 0.25) is 0 Å². The van der Waals surface area contributed by atoms with Crippen LogP contribution in [-0.4, -0.2) is 30.3 Å². The van der Waals surface area contributed by atoms with Gasteiger partial charge in [-0.15, -0.1) is 11.6 Å². The standard InChI is InChI=1S/C11H20ClN3O2S/c1-4-9(5-2)10(12)6-14-18(16,17)11-7-13-8(3)15-11/h7,9-10,14H,4-6H2,1-3H3,(H,13,15). The number of nitrogens with zero attached hydrogens (tertiary/aromatic N) is 1. The van der Waals surface area contributed by atoms with Crippen molar-refractivity contribution in [1.29, 1.82) is 0 Å². The van der Waals surface area contributed by atoms with Crippen LogP contribution >= 0.6 is 11.6 Å². The van der Waals surface area contributed by atoms with Crippen LogP contribution in [0.1, 0.15) is 32.5 Å². The molecule has 0 radical (unpaired) electrons. The Morgan fingerprint density at radius 2 is 2.06 bits per heavy atom. The number of hydrogen-bond acceptors (Lipinski definition) is 3. The quantitative estimate of drug-likeness (QED) is 0.756. The van der Waals surface area contributed by atoms with Crippen molar-refractivity contribution >= 4 is 21.6 Å². The van der Waals surface area contributed by atoms with E-state index in [0.717, 1.165) is 12.8 Å². The molecule has 1 aromatic heterocycles. The molecule has 0 aliphatic heterocycles. The Kier molecular flexibility index (Phi) is 5.62. The number of rotatable bonds is 7. The molecule has 1 rings (SSSR count). The Labute approximate surface area is 113 Å². The summed E-state index contributed by atoms with van der Waals surface area (Å²) in [5.41, 5.74) is 0. The van der Waals surface area contributed by atoms with Gasteiger partial charge in [-0.2, -0.15) is 0 Å². The summed E-state index contributed by atoms with van der Waals surface area (Å²) in [6.07, 6.45) is 3.18. The second-order valence-corrected chi connectivity index (χ2v) is 6.57. The molecule has 0 aromatic carbocycles. The number of sulfonamides is 1. The van der Waals surface area contributed by atoms with Gasteiger partial charge in [-0.05, 0) is 12.8 Å². The molecule has 2 N–H and O–H groups in total. The molecule has 0 saturated heterocycles. The minimum Gasteiger partial charge on any atom is -0.332 e. The third-order valence-corrected chi connectivity index (χ3v) is 4.84. The van der Waals surface area contributed by atoms with E-state index in [-0.39, 0.29) is 16.9 Å². The Bertz CT molecular complexity index is 468. The molecule has 0 aliphatic rings. The van der Waals surface area contributed by atoms with Gasteiger partial charge >= 0.3 is 0 Å². The lowest BCUT2D eigenvalue weighted by molar-refractivity contribution is 0.460. The van der Waals surface area contributed by atoms with Gasteiger partial charge in [0.1, 0.15) is 5.82 Å². The maximum Gasteiger partial charge on any atom is 0.257 e. The fraction of sp³-hybridized carbons (Fsp3) is 0.727. The Morgan fingerprint density at radius 3 is 2.50 bits per heavy atom. The Balaban J connectivity index is 2.62. The molecular formula is C11H20ClN3O2S. The van der Waals surface area contributed by atoms with Crippen LogP contribution in [0.2, 0.25) is 0 Å². The molecule has 5 nitrogen and oxygen atoms in total. The van der Waals surface area contributed by atoms with Gasteiger partial charge in [0.25, 0.3) is 10.0 Å². The second kappa shape index (κ2) is 6.54. The largest absolute Gasteiger partial charge is 0.332 e. The number of aromatic nitrogens is 2. The van der Waals surface area contributed by atoms with Crippen LogP contribution in [0.25, 0.3) is 0 Å². The van der Waals surface area contributed by atoms with E-state index >= 15 is 0 Å². The minimum absolute atomic E-state index is 0.0772. The SMILES string of the molecule is CCC(CC)C(Cl)CNS(=O)(=O)c1cnc(C)[nH]1. The van der Waals surface area contributed by atoms with Crippen molar-refractivity contribution in [3.63, 3.8) is 0 Å². The van der Waals surface area contributed by atoms with Gasteiger partial charge in [-0.25, -0.2) is 18.1 Å². The fourth-order valence-corrected chi connectivity index (χ4v) is 3.32. The second-order valence-electron chi connectivity index (χ2n) is 4.28. The first-order valence-electron chi connectivity index (χ1n) is 6.06. The van der Waals surface area contributed by atoms with Crippen molar-refractivity contribution in [2.24, 2.45) is 5.92 Å². The summed E-state index contributed by atoms with van der Waals surface area (Å²) in [6.45, 7) is 6.04. The van der Waals surface area contributed by atoms with Gasteiger partial charge < -0.3 is 4.98 Å². The predicted octanol–water partition coefficient (Wildman–Crippen LogP) is 2.04.